The molecule has 2 aromatic rings. The monoisotopic (exact) mass is 295 g/mol. The molecule has 0 spiro atoms. The van der Waals surface area contributed by atoms with Gasteiger partial charge in [-0.15, -0.1) is 11.3 Å². The Morgan fingerprint density at radius 3 is 3.00 bits per heavy atom. The Morgan fingerprint density at radius 2 is 2.30 bits per heavy atom. The highest BCUT2D eigenvalue weighted by molar-refractivity contribution is 7.09. The highest BCUT2D eigenvalue weighted by Gasteiger charge is 2.06. The average Bonchev–Trinajstić information content (AvgIpc) is 2.99. The van der Waals surface area contributed by atoms with Gasteiger partial charge in [-0.3, -0.25) is 0 Å². The zero-order valence-electron chi connectivity index (χ0n) is 12.2. The van der Waals surface area contributed by atoms with Crippen LogP contribution in [0.15, 0.2) is 16.2 Å². The van der Waals surface area contributed by atoms with Gasteiger partial charge in [-0.05, 0) is 19.4 Å². The molecule has 6 heteroatoms. The number of aryl methyl sites for hydroxylation is 1. The maximum atomic E-state index is 5.52. The van der Waals surface area contributed by atoms with E-state index in [0.717, 1.165) is 24.4 Å². The van der Waals surface area contributed by atoms with Crippen LogP contribution < -0.4 is 10.1 Å². The van der Waals surface area contributed by atoms with Crippen molar-refractivity contribution in [2.24, 2.45) is 5.92 Å². The molecule has 2 heterocycles. The van der Waals surface area contributed by atoms with Gasteiger partial charge in [-0.2, -0.15) is 4.98 Å². The van der Waals surface area contributed by atoms with Gasteiger partial charge in [0.05, 0.1) is 23.5 Å². The van der Waals surface area contributed by atoms with Crippen LogP contribution >= 0.6 is 11.3 Å². The minimum absolute atomic E-state index is 0.341. The van der Waals surface area contributed by atoms with E-state index in [9.17, 15) is 0 Å². The maximum Gasteiger partial charge on any atom is 0.393 e. The van der Waals surface area contributed by atoms with Crippen LogP contribution in [0, 0.1) is 12.8 Å². The van der Waals surface area contributed by atoms with Gasteiger partial charge < -0.3 is 14.5 Å². The van der Waals surface area contributed by atoms with Gasteiger partial charge in [0.15, 0.2) is 0 Å². The van der Waals surface area contributed by atoms with Crippen LogP contribution in [0.3, 0.4) is 0 Å². The number of thiazole rings is 1. The number of aromatic nitrogens is 2. The topological polar surface area (TPSA) is 60.2 Å². The Hall–Kier alpha value is -1.40. The normalized spacial score (nSPS) is 11.2. The number of rotatable bonds is 8. The summed E-state index contributed by atoms with van der Waals surface area (Å²) in [4.78, 5) is 9.74. The van der Waals surface area contributed by atoms with Crippen molar-refractivity contribution in [3.05, 3.63) is 28.0 Å². The fraction of sp³-hybridized carbons (Fsp3) is 0.571. The largest absolute Gasteiger partial charge is 0.450 e. The Labute approximate surface area is 123 Å². The summed E-state index contributed by atoms with van der Waals surface area (Å²) in [6, 6.07) is 0. The highest BCUT2D eigenvalue weighted by atomic mass is 32.1. The molecule has 0 bridgehead atoms. The number of hydrogen-bond donors (Lipinski definition) is 1. The smallest absolute Gasteiger partial charge is 0.393 e. The summed E-state index contributed by atoms with van der Waals surface area (Å²) in [5.41, 5.74) is 3.80. The van der Waals surface area contributed by atoms with Crippen molar-refractivity contribution < 1.29 is 9.15 Å². The summed E-state index contributed by atoms with van der Waals surface area (Å²) in [6.07, 6.45) is 2.81. The third-order valence-electron chi connectivity index (χ3n) is 2.79. The second-order valence-corrected chi connectivity index (χ2v) is 6.03. The van der Waals surface area contributed by atoms with Crippen LogP contribution in [-0.2, 0) is 13.0 Å². The standard InChI is InChI=1S/C14H21N3O2S/c1-10(2)6-15-7-12-8-19-14(17-12)18-5-4-13-11(3)16-9-20-13/h8-10,15H,4-7H2,1-3H3. The summed E-state index contributed by atoms with van der Waals surface area (Å²) in [7, 11) is 0. The van der Waals surface area contributed by atoms with Gasteiger partial charge in [-0.1, -0.05) is 13.8 Å². The second kappa shape index (κ2) is 7.40. The second-order valence-electron chi connectivity index (χ2n) is 5.09. The van der Waals surface area contributed by atoms with Gasteiger partial charge in [-0.25, -0.2) is 4.98 Å². The lowest BCUT2D eigenvalue weighted by Crippen LogP contribution is -2.19. The molecule has 0 atom stereocenters. The van der Waals surface area contributed by atoms with E-state index in [-0.39, 0.29) is 0 Å². The van der Waals surface area contributed by atoms with Crippen LogP contribution in [0.4, 0.5) is 0 Å². The molecule has 0 aliphatic carbocycles. The number of hydrogen-bond acceptors (Lipinski definition) is 6. The molecule has 110 valence electrons. The van der Waals surface area contributed by atoms with E-state index in [1.165, 1.54) is 4.88 Å². The molecule has 0 saturated carbocycles. The predicted molar refractivity (Wildman–Crippen MR) is 79.1 cm³/mol. The van der Waals surface area contributed by atoms with Gasteiger partial charge in [0.25, 0.3) is 0 Å². The molecule has 0 radical (unpaired) electrons. The van der Waals surface area contributed by atoms with E-state index in [0.29, 0.717) is 25.1 Å². The summed E-state index contributed by atoms with van der Waals surface area (Å²) >= 11 is 1.65. The SMILES string of the molecule is Cc1ncsc1CCOc1nc(CNCC(C)C)co1. The van der Waals surface area contributed by atoms with Gasteiger partial charge >= 0.3 is 6.08 Å². The van der Waals surface area contributed by atoms with Crippen molar-refractivity contribution in [3.8, 4) is 6.08 Å². The van der Waals surface area contributed by atoms with E-state index in [4.69, 9.17) is 9.15 Å². The molecule has 0 fully saturated rings. The summed E-state index contributed by atoms with van der Waals surface area (Å²) in [5.74, 6) is 0.625. The third-order valence-corrected chi connectivity index (χ3v) is 3.78. The molecule has 0 aromatic carbocycles. The first-order valence-electron chi connectivity index (χ1n) is 6.82. The first-order chi connectivity index (χ1) is 9.65. The summed E-state index contributed by atoms with van der Waals surface area (Å²) in [5, 5.41) is 3.32. The van der Waals surface area contributed by atoms with Crippen LogP contribution in [0.25, 0.3) is 0 Å². The van der Waals surface area contributed by atoms with E-state index in [1.807, 2.05) is 12.4 Å². The van der Waals surface area contributed by atoms with Gasteiger partial charge in [0.1, 0.15) is 6.26 Å². The predicted octanol–water partition coefficient (Wildman–Crippen LogP) is 2.81. The van der Waals surface area contributed by atoms with Crippen molar-refractivity contribution >= 4 is 11.3 Å². The van der Waals surface area contributed by atoms with Crippen molar-refractivity contribution in [1.29, 1.82) is 0 Å². The van der Waals surface area contributed by atoms with Crippen molar-refractivity contribution in [2.75, 3.05) is 13.2 Å². The molecule has 2 aromatic heterocycles. The zero-order valence-corrected chi connectivity index (χ0v) is 13.0. The molecule has 0 saturated heterocycles. The van der Waals surface area contributed by atoms with Crippen LogP contribution in [0.2, 0.25) is 0 Å². The lowest BCUT2D eigenvalue weighted by Gasteiger charge is -2.04. The van der Waals surface area contributed by atoms with E-state index >= 15 is 0 Å². The lowest BCUT2D eigenvalue weighted by atomic mass is 10.2. The molecule has 0 unspecified atom stereocenters. The van der Waals surface area contributed by atoms with Gasteiger partial charge in [0.2, 0.25) is 0 Å². The molecule has 5 nitrogen and oxygen atoms in total. The van der Waals surface area contributed by atoms with Crippen LogP contribution in [0.5, 0.6) is 6.08 Å². The molecule has 1 N–H and O–H groups in total. The van der Waals surface area contributed by atoms with Crippen molar-refractivity contribution in [3.63, 3.8) is 0 Å². The van der Waals surface area contributed by atoms with E-state index in [2.05, 4.69) is 29.1 Å². The molecular formula is C14H21N3O2S. The lowest BCUT2D eigenvalue weighted by molar-refractivity contribution is 0.233. The molecule has 0 aliphatic heterocycles. The molecule has 0 amide bonds. The van der Waals surface area contributed by atoms with E-state index in [1.54, 1.807) is 17.6 Å². The summed E-state index contributed by atoms with van der Waals surface area (Å²) in [6.45, 7) is 8.59. The molecule has 2 rings (SSSR count). The molecule has 20 heavy (non-hydrogen) atoms. The van der Waals surface area contributed by atoms with Crippen LogP contribution in [-0.4, -0.2) is 23.1 Å². The number of ether oxygens (including phenoxy) is 1. The van der Waals surface area contributed by atoms with Crippen molar-refractivity contribution in [2.45, 2.75) is 33.7 Å². The Balaban J connectivity index is 1.71. The first kappa shape index (κ1) is 15.0. The Morgan fingerprint density at radius 1 is 1.45 bits per heavy atom. The Kier molecular flexibility index (Phi) is 5.55. The third kappa shape index (κ3) is 4.61. The fourth-order valence-electron chi connectivity index (χ4n) is 1.72. The number of oxazole rings is 1. The number of nitrogens with one attached hydrogen (secondary N) is 1. The quantitative estimate of drug-likeness (QED) is 0.811. The van der Waals surface area contributed by atoms with Crippen LogP contribution in [0.1, 0.15) is 30.1 Å². The zero-order chi connectivity index (χ0) is 14.4. The first-order valence-corrected chi connectivity index (χ1v) is 7.70. The highest BCUT2D eigenvalue weighted by Crippen LogP contribution is 2.14. The number of nitrogens with zero attached hydrogens (tertiary/aromatic N) is 2. The van der Waals surface area contributed by atoms with Gasteiger partial charge in [0, 0.05) is 17.8 Å². The average molecular weight is 295 g/mol. The summed E-state index contributed by atoms with van der Waals surface area (Å²) < 4.78 is 10.8. The fourth-order valence-corrected chi connectivity index (χ4v) is 2.48. The van der Waals surface area contributed by atoms with E-state index < -0.39 is 0 Å². The maximum absolute atomic E-state index is 5.52. The molecular weight excluding hydrogens is 274 g/mol. The minimum atomic E-state index is 0.341. The minimum Gasteiger partial charge on any atom is -0.450 e. The van der Waals surface area contributed by atoms with Crippen molar-refractivity contribution in [1.82, 2.24) is 15.3 Å². The Bertz CT molecular complexity index is 522. The molecule has 0 aliphatic rings.